The first kappa shape index (κ1) is 22.8. The quantitative estimate of drug-likeness (QED) is 0.344. The molecule has 3 aliphatic rings. The second kappa shape index (κ2) is 7.89. The zero-order valence-corrected chi connectivity index (χ0v) is 18.2. The molecule has 4 rings (SSSR count). The predicted molar refractivity (Wildman–Crippen MR) is 115 cm³/mol. The highest BCUT2D eigenvalue weighted by Gasteiger charge is 2.62. The van der Waals surface area contributed by atoms with Crippen LogP contribution in [0.15, 0.2) is 34.8 Å². The highest BCUT2D eigenvalue weighted by Crippen LogP contribution is 2.52. The summed E-state index contributed by atoms with van der Waals surface area (Å²) in [7, 11) is 1.43. The summed E-state index contributed by atoms with van der Waals surface area (Å²) >= 11 is 0. The maximum Gasteiger partial charge on any atom is 0.255 e. The van der Waals surface area contributed by atoms with Gasteiger partial charge in [0, 0.05) is 17.1 Å². The van der Waals surface area contributed by atoms with Crippen LogP contribution < -0.4 is 15.8 Å². The van der Waals surface area contributed by atoms with Crippen LogP contribution in [0.25, 0.3) is 0 Å². The number of methoxy groups -OCH3 is 1. The highest BCUT2D eigenvalue weighted by molar-refractivity contribution is 6.24. The number of aliphatic hydroxyl groups is 3. The Balaban J connectivity index is 1.93. The number of phenols is 1. The summed E-state index contributed by atoms with van der Waals surface area (Å²) in [5.41, 5.74) is 2.01. The van der Waals surface area contributed by atoms with Crippen molar-refractivity contribution in [1.29, 1.82) is 0 Å². The third-order valence-corrected chi connectivity index (χ3v) is 6.88. The number of fused-ring (bicyclic) bond motifs is 3. The number of carbonyl (C=O) groups excluding carboxylic acids is 3. The molecule has 0 radical (unpaired) electrons. The molecule has 0 heterocycles. The van der Waals surface area contributed by atoms with Crippen molar-refractivity contribution in [3.05, 3.63) is 45.9 Å². The number of nitrogens with one attached hydrogen (secondary N) is 1. The molecule has 1 aromatic rings. The second-order valence-electron chi connectivity index (χ2n) is 8.63. The first-order chi connectivity index (χ1) is 15.6. The average molecular weight is 458 g/mol. The van der Waals surface area contributed by atoms with Gasteiger partial charge in [-0.15, -0.1) is 0 Å². The Labute approximate surface area is 189 Å². The summed E-state index contributed by atoms with van der Waals surface area (Å²) in [4.78, 5) is 38.5. The first-order valence-electron chi connectivity index (χ1n) is 10.7. The lowest BCUT2D eigenvalue weighted by Crippen LogP contribution is -2.64. The lowest BCUT2D eigenvalue weighted by Gasteiger charge is -2.48. The summed E-state index contributed by atoms with van der Waals surface area (Å²) in [6.45, 7) is 2.25. The van der Waals surface area contributed by atoms with Crippen molar-refractivity contribution in [1.82, 2.24) is 5.32 Å². The third-order valence-electron chi connectivity index (χ3n) is 6.88. The zero-order chi connectivity index (χ0) is 24.2. The second-order valence-corrected chi connectivity index (χ2v) is 8.63. The fourth-order valence-corrected chi connectivity index (χ4v) is 5.38. The van der Waals surface area contributed by atoms with E-state index in [9.17, 15) is 34.8 Å². The number of hydrogen-bond donors (Lipinski definition) is 6. The smallest absolute Gasteiger partial charge is 0.255 e. The number of hydrogen-bond acceptors (Lipinski definition) is 9. The molecule has 0 bridgehead atoms. The number of phenolic OH excluding ortho intramolecular Hbond substituents is 1. The summed E-state index contributed by atoms with van der Waals surface area (Å²) < 4.78 is 5.34. The van der Waals surface area contributed by atoms with E-state index in [1.165, 1.54) is 19.2 Å². The molecule has 1 aromatic carbocycles. The largest absolute Gasteiger partial charge is 0.510 e. The standard InChI is InChI=1S/C23H26N2O8/c1-3-6-25-17-11-8-9-7-10-13(33-2)5-4-12(26)15(10)18(27)14(9)20(29)23(11,32)21(30)16(19(17)28)22(24)31/h4-5,9,11,17,25-26,28-29,32H,3,6-8H2,1-2H3,(H2,24,31)/t9-,11-,17-,23-/m0/s1. The Bertz CT molecular complexity index is 1140. The molecule has 7 N–H and O–H groups in total. The minimum Gasteiger partial charge on any atom is -0.510 e. The van der Waals surface area contributed by atoms with Gasteiger partial charge in [0.15, 0.2) is 11.4 Å². The third kappa shape index (κ3) is 3.05. The molecule has 0 fully saturated rings. The molecular weight excluding hydrogens is 432 g/mol. The monoisotopic (exact) mass is 458 g/mol. The van der Waals surface area contributed by atoms with Gasteiger partial charge in [-0.25, -0.2) is 0 Å². The number of Topliss-reactive ketones (excluding diaryl/α,β-unsaturated/α-hetero) is 2. The van der Waals surface area contributed by atoms with E-state index in [-0.39, 0.29) is 29.7 Å². The van der Waals surface area contributed by atoms with Crippen LogP contribution >= 0.6 is 0 Å². The number of allylic oxidation sites excluding steroid dienone is 1. The number of nitrogens with two attached hydrogens (primary N) is 1. The molecule has 33 heavy (non-hydrogen) atoms. The average Bonchev–Trinajstić information content (AvgIpc) is 2.76. The Morgan fingerprint density at radius 1 is 1.27 bits per heavy atom. The molecule has 0 unspecified atom stereocenters. The van der Waals surface area contributed by atoms with E-state index in [4.69, 9.17) is 10.5 Å². The number of amides is 1. The minimum atomic E-state index is -2.64. The van der Waals surface area contributed by atoms with Gasteiger partial charge < -0.3 is 36.2 Å². The van der Waals surface area contributed by atoms with Crippen molar-refractivity contribution in [2.45, 2.75) is 37.8 Å². The van der Waals surface area contributed by atoms with E-state index >= 15 is 0 Å². The maximum atomic E-state index is 13.4. The van der Waals surface area contributed by atoms with Gasteiger partial charge in [0.2, 0.25) is 5.78 Å². The summed E-state index contributed by atoms with van der Waals surface area (Å²) in [6.07, 6.45) is 0.864. The molecule has 1 amide bonds. The van der Waals surface area contributed by atoms with Gasteiger partial charge in [-0.1, -0.05) is 6.92 Å². The molecule has 10 nitrogen and oxygen atoms in total. The molecule has 176 valence electrons. The molecule has 0 saturated carbocycles. The summed E-state index contributed by atoms with van der Waals surface area (Å²) in [5.74, 6) is -6.39. The zero-order valence-electron chi connectivity index (χ0n) is 18.2. The first-order valence-corrected chi connectivity index (χ1v) is 10.7. The van der Waals surface area contributed by atoms with Crippen LogP contribution in [-0.2, 0) is 16.0 Å². The van der Waals surface area contributed by atoms with E-state index in [0.29, 0.717) is 24.3 Å². The number of ketones is 2. The number of carbonyl (C=O) groups is 3. The topological polar surface area (TPSA) is 179 Å². The van der Waals surface area contributed by atoms with Crippen molar-refractivity contribution in [3.8, 4) is 11.5 Å². The van der Waals surface area contributed by atoms with Crippen LogP contribution in [0.3, 0.4) is 0 Å². The molecule has 10 heteroatoms. The summed E-state index contributed by atoms with van der Waals surface area (Å²) in [5, 5.41) is 46.8. The molecule has 0 saturated heterocycles. The maximum absolute atomic E-state index is 13.4. The minimum absolute atomic E-state index is 0.0309. The van der Waals surface area contributed by atoms with E-state index in [1.54, 1.807) is 0 Å². The molecule has 0 aromatic heterocycles. The molecule has 4 atom stereocenters. The van der Waals surface area contributed by atoms with Gasteiger partial charge in [0.05, 0.1) is 18.7 Å². The Morgan fingerprint density at radius 2 is 1.97 bits per heavy atom. The number of benzene rings is 1. The van der Waals surface area contributed by atoms with E-state index in [0.717, 1.165) is 0 Å². The van der Waals surface area contributed by atoms with Crippen LogP contribution in [0.1, 0.15) is 35.7 Å². The lowest BCUT2D eigenvalue weighted by atomic mass is 9.58. The van der Waals surface area contributed by atoms with Crippen molar-refractivity contribution < 1.29 is 39.5 Å². The fraction of sp³-hybridized carbons (Fsp3) is 0.435. The normalized spacial score (nSPS) is 28.9. The number of aliphatic hydroxyl groups excluding tert-OH is 2. The van der Waals surface area contributed by atoms with Crippen LogP contribution in [0, 0.1) is 11.8 Å². The van der Waals surface area contributed by atoms with Gasteiger partial charge in [-0.3, -0.25) is 14.4 Å². The predicted octanol–water partition coefficient (Wildman–Crippen LogP) is 0.567. The molecular formula is C23H26N2O8. The summed E-state index contributed by atoms with van der Waals surface area (Å²) in [6, 6.07) is 1.76. The van der Waals surface area contributed by atoms with E-state index < -0.39 is 58.0 Å². The van der Waals surface area contributed by atoms with E-state index in [2.05, 4.69) is 5.32 Å². The van der Waals surface area contributed by atoms with Crippen LogP contribution in [-0.4, -0.2) is 63.2 Å². The number of ether oxygens (including phenoxy) is 1. The van der Waals surface area contributed by atoms with Crippen molar-refractivity contribution in [2.24, 2.45) is 17.6 Å². The van der Waals surface area contributed by atoms with E-state index in [1.807, 2.05) is 6.92 Å². The molecule has 0 aliphatic heterocycles. The fourth-order valence-electron chi connectivity index (χ4n) is 5.38. The molecule has 0 spiro atoms. The number of primary amides is 1. The van der Waals surface area contributed by atoms with Crippen LogP contribution in [0.2, 0.25) is 0 Å². The van der Waals surface area contributed by atoms with Gasteiger partial charge in [0.25, 0.3) is 5.91 Å². The van der Waals surface area contributed by atoms with Crippen molar-refractivity contribution in [2.75, 3.05) is 13.7 Å². The van der Waals surface area contributed by atoms with Crippen LogP contribution in [0.5, 0.6) is 11.5 Å². The van der Waals surface area contributed by atoms with Crippen LogP contribution in [0.4, 0.5) is 0 Å². The Hall–Kier alpha value is -3.37. The highest BCUT2D eigenvalue weighted by atomic mass is 16.5. The molecule has 3 aliphatic carbocycles. The Morgan fingerprint density at radius 3 is 2.58 bits per heavy atom. The number of aromatic hydroxyl groups is 1. The Kier molecular flexibility index (Phi) is 5.45. The van der Waals surface area contributed by atoms with Gasteiger partial charge >= 0.3 is 0 Å². The SMILES string of the molecule is CCCN[C@@H]1C(O)=C(C(N)=O)C(=O)[C@@]2(O)C(O)=C3C(=O)c4c(O)ccc(OC)c4C[C@H]3C[C@@H]12. The number of rotatable bonds is 5. The van der Waals surface area contributed by atoms with Gasteiger partial charge in [0.1, 0.15) is 28.6 Å². The van der Waals surface area contributed by atoms with Gasteiger partial charge in [-0.05, 0) is 43.9 Å². The van der Waals surface area contributed by atoms with Crippen molar-refractivity contribution in [3.63, 3.8) is 0 Å². The van der Waals surface area contributed by atoms with Gasteiger partial charge in [-0.2, -0.15) is 0 Å². The lowest BCUT2D eigenvalue weighted by molar-refractivity contribution is -0.146. The van der Waals surface area contributed by atoms with Crippen molar-refractivity contribution >= 4 is 17.5 Å².